The quantitative estimate of drug-likeness (QED) is 0.881. The van der Waals surface area contributed by atoms with Gasteiger partial charge in [0.2, 0.25) is 5.91 Å². The largest absolute Gasteiger partial charge is 0.321 e. The molecule has 1 saturated heterocycles. The lowest BCUT2D eigenvalue weighted by atomic mass is 10.3. The molecule has 0 aliphatic carbocycles. The highest BCUT2D eigenvalue weighted by Crippen LogP contribution is 2.28. The Hall–Kier alpha value is -0.920. The van der Waals surface area contributed by atoms with E-state index in [1.165, 1.54) is 6.26 Å². The molecular formula is C12H18N2O3S2. The van der Waals surface area contributed by atoms with Gasteiger partial charge in [0.1, 0.15) is 16.0 Å². The van der Waals surface area contributed by atoms with E-state index in [2.05, 4.69) is 5.32 Å². The smallest absolute Gasteiger partial charge is 0.241 e. The molecule has 0 saturated carbocycles. The van der Waals surface area contributed by atoms with Crippen molar-refractivity contribution in [2.24, 2.45) is 0 Å². The summed E-state index contributed by atoms with van der Waals surface area (Å²) in [5.74, 6) is 0.148. The molecule has 2 unspecified atom stereocenters. The maximum absolute atomic E-state index is 12.1. The van der Waals surface area contributed by atoms with E-state index in [0.29, 0.717) is 13.0 Å². The first kappa shape index (κ1) is 14.5. The Labute approximate surface area is 117 Å². The van der Waals surface area contributed by atoms with E-state index in [1.54, 1.807) is 16.2 Å². The molecule has 0 bridgehead atoms. The van der Waals surface area contributed by atoms with Crippen molar-refractivity contribution >= 4 is 27.1 Å². The average Bonchev–Trinajstić information content (AvgIpc) is 2.90. The van der Waals surface area contributed by atoms with E-state index in [-0.39, 0.29) is 23.9 Å². The fourth-order valence-corrected chi connectivity index (χ4v) is 3.64. The van der Waals surface area contributed by atoms with Crippen LogP contribution in [0.5, 0.6) is 0 Å². The normalized spacial score (nSPS) is 24.1. The van der Waals surface area contributed by atoms with Crippen molar-refractivity contribution in [3.63, 3.8) is 0 Å². The first-order valence-corrected chi connectivity index (χ1v) is 9.10. The van der Waals surface area contributed by atoms with Gasteiger partial charge in [0, 0.05) is 17.7 Å². The SMILES string of the molecule is CC1NC(c2cccs2)N(CCCS(C)(=O)=O)C1=O. The third-order valence-corrected chi connectivity index (χ3v) is 5.05. The van der Waals surface area contributed by atoms with Crippen molar-refractivity contribution in [2.75, 3.05) is 18.6 Å². The van der Waals surface area contributed by atoms with Gasteiger partial charge in [-0.3, -0.25) is 10.1 Å². The Morgan fingerprint density at radius 3 is 2.79 bits per heavy atom. The summed E-state index contributed by atoms with van der Waals surface area (Å²) in [5, 5.41) is 5.21. The van der Waals surface area contributed by atoms with Gasteiger partial charge in [-0.2, -0.15) is 0 Å². The number of hydrogen-bond donors (Lipinski definition) is 1. The highest BCUT2D eigenvalue weighted by molar-refractivity contribution is 7.90. The van der Waals surface area contributed by atoms with E-state index >= 15 is 0 Å². The van der Waals surface area contributed by atoms with Gasteiger partial charge in [0.05, 0.1) is 11.8 Å². The molecule has 0 aromatic carbocycles. The number of carbonyl (C=O) groups is 1. The lowest BCUT2D eigenvalue weighted by Gasteiger charge is -2.23. The molecule has 2 rings (SSSR count). The summed E-state index contributed by atoms with van der Waals surface area (Å²) in [6.45, 7) is 2.30. The topological polar surface area (TPSA) is 66.5 Å². The Morgan fingerprint density at radius 2 is 2.21 bits per heavy atom. The molecule has 19 heavy (non-hydrogen) atoms. The van der Waals surface area contributed by atoms with Crippen LogP contribution in [0.1, 0.15) is 24.4 Å². The van der Waals surface area contributed by atoms with E-state index < -0.39 is 9.84 Å². The van der Waals surface area contributed by atoms with Crippen LogP contribution in [0.15, 0.2) is 17.5 Å². The summed E-state index contributed by atoms with van der Waals surface area (Å²) >= 11 is 1.59. The van der Waals surface area contributed by atoms with E-state index in [4.69, 9.17) is 0 Å². The summed E-state index contributed by atoms with van der Waals surface area (Å²) in [5.41, 5.74) is 0. The van der Waals surface area contributed by atoms with Crippen LogP contribution >= 0.6 is 11.3 Å². The van der Waals surface area contributed by atoms with Crippen LogP contribution in [0.4, 0.5) is 0 Å². The monoisotopic (exact) mass is 302 g/mol. The van der Waals surface area contributed by atoms with Gasteiger partial charge < -0.3 is 4.90 Å². The number of hydrogen-bond acceptors (Lipinski definition) is 5. The lowest BCUT2D eigenvalue weighted by Crippen LogP contribution is -2.32. The molecule has 1 aliphatic heterocycles. The van der Waals surface area contributed by atoms with Crippen molar-refractivity contribution in [3.8, 4) is 0 Å². The highest BCUT2D eigenvalue weighted by atomic mass is 32.2. The fraction of sp³-hybridized carbons (Fsp3) is 0.583. The molecule has 2 atom stereocenters. The predicted octanol–water partition coefficient (Wildman–Crippen LogP) is 1.00. The molecule has 1 amide bonds. The van der Waals surface area contributed by atoms with Crippen molar-refractivity contribution in [1.29, 1.82) is 0 Å². The van der Waals surface area contributed by atoms with Gasteiger partial charge in [-0.25, -0.2) is 8.42 Å². The molecule has 1 fully saturated rings. The van der Waals surface area contributed by atoms with Crippen LogP contribution in [-0.2, 0) is 14.6 Å². The standard InChI is InChI=1S/C12H18N2O3S2/c1-9-12(15)14(6-4-8-19(2,16)17)11(13-9)10-5-3-7-18-10/h3,5,7,9,11,13H,4,6,8H2,1-2H3. The number of thiophene rings is 1. The Kier molecular flexibility index (Phi) is 4.27. The molecule has 0 radical (unpaired) electrons. The molecule has 1 aromatic rings. The molecule has 5 nitrogen and oxygen atoms in total. The van der Waals surface area contributed by atoms with Gasteiger partial charge in [0.25, 0.3) is 0 Å². The van der Waals surface area contributed by atoms with Crippen molar-refractivity contribution in [2.45, 2.75) is 25.6 Å². The summed E-state index contributed by atoms with van der Waals surface area (Å²) < 4.78 is 22.3. The zero-order valence-corrected chi connectivity index (χ0v) is 12.6. The predicted molar refractivity (Wildman–Crippen MR) is 75.7 cm³/mol. The minimum atomic E-state index is -2.97. The number of sulfone groups is 1. The van der Waals surface area contributed by atoms with E-state index in [1.807, 2.05) is 24.4 Å². The van der Waals surface area contributed by atoms with Gasteiger partial charge in [-0.05, 0) is 24.8 Å². The number of amides is 1. The van der Waals surface area contributed by atoms with Crippen LogP contribution < -0.4 is 5.32 Å². The van der Waals surface area contributed by atoms with Crippen molar-refractivity contribution in [3.05, 3.63) is 22.4 Å². The molecule has 1 aromatic heterocycles. The number of rotatable bonds is 5. The highest BCUT2D eigenvalue weighted by Gasteiger charge is 2.37. The van der Waals surface area contributed by atoms with Crippen LogP contribution in [0.3, 0.4) is 0 Å². The van der Waals surface area contributed by atoms with Crippen LogP contribution in [0.25, 0.3) is 0 Å². The maximum Gasteiger partial charge on any atom is 0.241 e. The zero-order valence-electron chi connectivity index (χ0n) is 11.0. The molecule has 0 spiro atoms. The first-order valence-electron chi connectivity index (χ1n) is 6.16. The fourth-order valence-electron chi connectivity index (χ4n) is 2.19. The third-order valence-electron chi connectivity index (χ3n) is 3.10. The summed E-state index contributed by atoms with van der Waals surface area (Å²) in [6, 6.07) is 3.71. The number of carbonyl (C=O) groups excluding carboxylic acids is 1. The molecule has 1 aliphatic rings. The molecular weight excluding hydrogens is 284 g/mol. The summed E-state index contributed by atoms with van der Waals surface area (Å²) in [7, 11) is -2.97. The van der Waals surface area contributed by atoms with Crippen molar-refractivity contribution in [1.82, 2.24) is 10.2 Å². The third kappa shape index (κ3) is 3.55. The van der Waals surface area contributed by atoms with Crippen LogP contribution in [0.2, 0.25) is 0 Å². The average molecular weight is 302 g/mol. The Bertz CT molecular complexity index is 539. The Balaban J connectivity index is 2.05. The summed E-state index contributed by atoms with van der Waals surface area (Å²) in [4.78, 5) is 14.9. The molecule has 106 valence electrons. The lowest BCUT2D eigenvalue weighted by molar-refractivity contribution is -0.129. The van der Waals surface area contributed by atoms with E-state index in [9.17, 15) is 13.2 Å². The summed E-state index contributed by atoms with van der Waals surface area (Å²) in [6.07, 6.45) is 1.57. The minimum absolute atomic E-state index is 0.0342. The number of nitrogens with one attached hydrogen (secondary N) is 1. The zero-order chi connectivity index (χ0) is 14.0. The minimum Gasteiger partial charge on any atom is -0.321 e. The van der Waals surface area contributed by atoms with Gasteiger partial charge in [0.15, 0.2) is 0 Å². The maximum atomic E-state index is 12.1. The van der Waals surface area contributed by atoms with Crippen molar-refractivity contribution < 1.29 is 13.2 Å². The second kappa shape index (κ2) is 5.60. The van der Waals surface area contributed by atoms with Gasteiger partial charge >= 0.3 is 0 Å². The van der Waals surface area contributed by atoms with Crippen LogP contribution in [0, 0.1) is 0 Å². The van der Waals surface area contributed by atoms with Gasteiger partial charge in [-0.1, -0.05) is 6.07 Å². The Morgan fingerprint density at radius 1 is 1.47 bits per heavy atom. The molecule has 2 heterocycles. The second-order valence-corrected chi connectivity index (χ2v) is 8.06. The van der Waals surface area contributed by atoms with Crippen LogP contribution in [-0.4, -0.2) is 43.8 Å². The first-order chi connectivity index (χ1) is 8.88. The van der Waals surface area contributed by atoms with Gasteiger partial charge in [-0.15, -0.1) is 11.3 Å². The molecule has 1 N–H and O–H groups in total. The molecule has 7 heteroatoms. The van der Waals surface area contributed by atoms with E-state index in [0.717, 1.165) is 4.88 Å². The second-order valence-electron chi connectivity index (χ2n) is 4.82. The number of nitrogens with zero attached hydrogens (tertiary/aromatic N) is 1.